The van der Waals surface area contributed by atoms with Crippen LogP contribution in [0.2, 0.25) is 0 Å². The molecule has 0 unspecified atom stereocenters. The number of carbonyl (C=O) groups is 1. The molecule has 4 nitrogen and oxygen atoms in total. The number of rotatable bonds is 1. The van der Waals surface area contributed by atoms with E-state index < -0.39 is 6.09 Å². The van der Waals surface area contributed by atoms with Crippen LogP contribution >= 0.6 is 0 Å². The van der Waals surface area contributed by atoms with Gasteiger partial charge in [-0.3, -0.25) is 0 Å². The van der Waals surface area contributed by atoms with Gasteiger partial charge in [-0.05, 0) is 25.0 Å². The first kappa shape index (κ1) is 10.7. The Morgan fingerprint density at radius 1 is 1.56 bits per heavy atom. The van der Waals surface area contributed by atoms with E-state index in [-0.39, 0.29) is 11.9 Å². The van der Waals surface area contributed by atoms with Crippen LogP contribution in [0.5, 0.6) is 0 Å². The summed E-state index contributed by atoms with van der Waals surface area (Å²) in [6.45, 7) is 0.489. The molecule has 0 aliphatic carbocycles. The predicted molar refractivity (Wildman–Crippen MR) is 58.2 cm³/mol. The average molecular weight is 224 g/mol. The highest BCUT2D eigenvalue weighted by molar-refractivity contribution is 5.65. The minimum Gasteiger partial charge on any atom is -0.465 e. The van der Waals surface area contributed by atoms with Crippen molar-refractivity contribution in [2.75, 3.05) is 11.9 Å². The van der Waals surface area contributed by atoms with Gasteiger partial charge in [-0.2, -0.15) is 0 Å². The van der Waals surface area contributed by atoms with E-state index in [1.165, 1.54) is 6.07 Å². The number of halogens is 1. The summed E-state index contributed by atoms with van der Waals surface area (Å²) in [6.07, 6.45) is 0.103. The minimum atomic E-state index is -1.04. The second-order valence-electron chi connectivity index (χ2n) is 3.83. The molecule has 0 fully saturated rings. The quantitative estimate of drug-likeness (QED) is 0.681. The molecule has 1 heterocycles. The van der Waals surface area contributed by atoms with Gasteiger partial charge in [0.1, 0.15) is 5.82 Å². The Morgan fingerprint density at radius 3 is 3.12 bits per heavy atom. The zero-order valence-electron chi connectivity index (χ0n) is 8.66. The Kier molecular flexibility index (Phi) is 2.94. The molecule has 0 saturated heterocycles. The molecular weight excluding hydrogens is 211 g/mol. The molecule has 86 valence electrons. The topological polar surface area (TPSA) is 61.4 Å². The Labute approximate surface area is 92.5 Å². The number of nitrogens with one attached hydrogen (secondary N) is 2. The summed E-state index contributed by atoms with van der Waals surface area (Å²) >= 11 is 0. The number of anilines is 1. The molecule has 1 aromatic carbocycles. The van der Waals surface area contributed by atoms with E-state index in [0.29, 0.717) is 24.9 Å². The van der Waals surface area contributed by atoms with Crippen molar-refractivity contribution in [1.29, 1.82) is 0 Å². The fourth-order valence-electron chi connectivity index (χ4n) is 1.93. The molecular formula is C11H13FN2O2. The maximum absolute atomic E-state index is 13.5. The maximum Gasteiger partial charge on any atom is 0.404 e. The first-order valence-electron chi connectivity index (χ1n) is 5.17. The second-order valence-corrected chi connectivity index (χ2v) is 3.83. The summed E-state index contributed by atoms with van der Waals surface area (Å²) in [6, 6.07) is 4.70. The lowest BCUT2D eigenvalue weighted by Crippen LogP contribution is -2.38. The Balaban J connectivity index is 2.13. The van der Waals surface area contributed by atoms with Crippen LogP contribution in [-0.2, 0) is 6.42 Å². The lowest BCUT2D eigenvalue weighted by Gasteiger charge is -2.13. The first-order valence-corrected chi connectivity index (χ1v) is 5.17. The van der Waals surface area contributed by atoms with Crippen molar-refractivity contribution in [2.45, 2.75) is 18.9 Å². The van der Waals surface area contributed by atoms with Gasteiger partial charge in [0.15, 0.2) is 0 Å². The molecule has 0 radical (unpaired) electrons. The zero-order valence-corrected chi connectivity index (χ0v) is 8.66. The normalized spacial score (nSPS) is 19.2. The van der Waals surface area contributed by atoms with Crippen LogP contribution in [0.15, 0.2) is 18.2 Å². The fraction of sp³-hybridized carbons (Fsp3) is 0.364. The number of carboxylic acid groups (broad SMARTS) is 1. The van der Waals surface area contributed by atoms with Gasteiger partial charge >= 0.3 is 6.09 Å². The zero-order chi connectivity index (χ0) is 11.5. The molecule has 0 bridgehead atoms. The monoisotopic (exact) mass is 224 g/mol. The van der Waals surface area contributed by atoms with Gasteiger partial charge in [-0.15, -0.1) is 0 Å². The third-order valence-electron chi connectivity index (χ3n) is 2.73. The molecule has 0 saturated carbocycles. The second kappa shape index (κ2) is 4.38. The maximum atomic E-state index is 13.5. The van der Waals surface area contributed by atoms with E-state index >= 15 is 0 Å². The number of benzene rings is 1. The number of amides is 1. The molecule has 3 N–H and O–H groups in total. The molecule has 0 aromatic heterocycles. The van der Waals surface area contributed by atoms with Gasteiger partial charge < -0.3 is 15.7 Å². The molecule has 1 aliphatic rings. The van der Waals surface area contributed by atoms with Crippen molar-refractivity contribution in [3.63, 3.8) is 0 Å². The lowest BCUT2D eigenvalue weighted by molar-refractivity contribution is 0.190. The summed E-state index contributed by atoms with van der Waals surface area (Å²) in [5, 5.41) is 14.1. The molecule has 5 heteroatoms. The summed E-state index contributed by atoms with van der Waals surface area (Å²) in [5.41, 5.74) is 1.40. The number of fused-ring (bicyclic) bond motifs is 1. The first-order chi connectivity index (χ1) is 7.66. The third-order valence-corrected chi connectivity index (χ3v) is 2.73. The van der Waals surface area contributed by atoms with Gasteiger partial charge in [-0.1, -0.05) is 6.07 Å². The van der Waals surface area contributed by atoms with Crippen LogP contribution in [-0.4, -0.2) is 23.8 Å². The molecule has 1 atom stereocenters. The number of hydrogen-bond donors (Lipinski definition) is 3. The highest BCUT2D eigenvalue weighted by Gasteiger charge is 2.18. The third kappa shape index (κ3) is 2.24. The van der Waals surface area contributed by atoms with Crippen molar-refractivity contribution < 1.29 is 14.3 Å². The summed E-state index contributed by atoms with van der Waals surface area (Å²) in [7, 11) is 0. The van der Waals surface area contributed by atoms with E-state index in [2.05, 4.69) is 10.6 Å². The van der Waals surface area contributed by atoms with Gasteiger partial charge in [0.05, 0.1) is 0 Å². The van der Waals surface area contributed by atoms with Crippen molar-refractivity contribution in [3.05, 3.63) is 29.6 Å². The predicted octanol–water partition coefficient (Wildman–Crippen LogP) is 1.82. The van der Waals surface area contributed by atoms with E-state index in [1.807, 2.05) is 6.07 Å². The summed E-state index contributed by atoms with van der Waals surface area (Å²) in [4.78, 5) is 10.5. The van der Waals surface area contributed by atoms with Crippen LogP contribution in [0.25, 0.3) is 0 Å². The van der Waals surface area contributed by atoms with E-state index in [0.717, 1.165) is 5.69 Å². The van der Waals surface area contributed by atoms with Crippen LogP contribution < -0.4 is 10.6 Å². The molecule has 16 heavy (non-hydrogen) atoms. The Morgan fingerprint density at radius 2 is 2.38 bits per heavy atom. The van der Waals surface area contributed by atoms with Crippen LogP contribution in [0.1, 0.15) is 12.0 Å². The highest BCUT2D eigenvalue weighted by atomic mass is 19.1. The standard InChI is InChI=1S/C11H13FN2O2/c12-9-2-1-3-10-8(9)5-4-7(6-13-10)14-11(15)16/h1-3,7,13-14H,4-6H2,(H,15,16)/t7-/m1/s1. The highest BCUT2D eigenvalue weighted by Crippen LogP contribution is 2.23. The van der Waals surface area contributed by atoms with E-state index in [9.17, 15) is 9.18 Å². The van der Waals surface area contributed by atoms with Crippen molar-refractivity contribution >= 4 is 11.8 Å². The molecule has 1 aliphatic heterocycles. The molecule has 0 spiro atoms. The smallest absolute Gasteiger partial charge is 0.404 e. The minimum absolute atomic E-state index is 0.177. The Hall–Kier alpha value is -1.78. The van der Waals surface area contributed by atoms with E-state index in [4.69, 9.17) is 5.11 Å². The van der Waals surface area contributed by atoms with Crippen LogP contribution in [0.3, 0.4) is 0 Å². The summed E-state index contributed by atoms with van der Waals surface area (Å²) < 4.78 is 13.5. The van der Waals surface area contributed by atoms with Gasteiger partial charge in [-0.25, -0.2) is 9.18 Å². The largest absolute Gasteiger partial charge is 0.465 e. The van der Waals surface area contributed by atoms with Crippen molar-refractivity contribution in [1.82, 2.24) is 5.32 Å². The Bertz CT molecular complexity index is 409. The SMILES string of the molecule is O=C(O)N[C@@H]1CCc2c(F)cccc2NC1. The van der Waals surface area contributed by atoms with Crippen molar-refractivity contribution in [2.24, 2.45) is 0 Å². The van der Waals surface area contributed by atoms with Gasteiger partial charge in [0.2, 0.25) is 0 Å². The van der Waals surface area contributed by atoms with E-state index in [1.54, 1.807) is 6.07 Å². The molecule has 2 rings (SSSR count). The molecule has 1 amide bonds. The van der Waals surface area contributed by atoms with Crippen molar-refractivity contribution in [3.8, 4) is 0 Å². The van der Waals surface area contributed by atoms with Gasteiger partial charge in [0, 0.05) is 23.8 Å². The summed E-state index contributed by atoms with van der Waals surface area (Å²) in [5.74, 6) is -0.235. The van der Waals surface area contributed by atoms with Crippen LogP contribution in [0, 0.1) is 5.82 Å². The fourth-order valence-corrected chi connectivity index (χ4v) is 1.93. The number of hydrogen-bond acceptors (Lipinski definition) is 2. The van der Waals surface area contributed by atoms with Gasteiger partial charge in [0.25, 0.3) is 0 Å². The van der Waals surface area contributed by atoms with Crippen LogP contribution in [0.4, 0.5) is 14.9 Å². The average Bonchev–Trinajstić information content (AvgIpc) is 2.42. The molecule has 1 aromatic rings. The lowest BCUT2D eigenvalue weighted by atomic mass is 10.1.